The fourth-order valence-corrected chi connectivity index (χ4v) is 1.10. The number of hydrogen-bond donors (Lipinski definition) is 0. The second-order valence-corrected chi connectivity index (χ2v) is 3.10. The molecule has 0 fully saturated rings. The highest BCUT2D eigenvalue weighted by molar-refractivity contribution is 5.38. The fraction of sp³-hybridized carbons (Fsp3) is 0. The van der Waals surface area contributed by atoms with Crippen molar-refractivity contribution in [2.24, 2.45) is 0 Å². The molecule has 0 saturated carbocycles. The van der Waals surface area contributed by atoms with Gasteiger partial charge in [-0.05, 0) is 11.3 Å². The first kappa shape index (κ1) is 11.9. The molecule has 0 aromatic carbocycles. The molecule has 0 spiro atoms. The van der Waals surface area contributed by atoms with Crippen molar-refractivity contribution < 1.29 is 0 Å². The van der Waals surface area contributed by atoms with Gasteiger partial charge >= 0.3 is 0 Å². The largest absolute Gasteiger partial charge is 0.257 e. The highest BCUT2D eigenvalue weighted by atomic mass is 14.6. The minimum Gasteiger partial charge on any atom is -0.257 e. The lowest BCUT2D eigenvalue weighted by Crippen LogP contribution is -2.25. The smallest absolute Gasteiger partial charge is 0.0630 e. The van der Waals surface area contributed by atoms with Gasteiger partial charge in [-0.15, -0.1) is 0 Å². The predicted octanol–water partition coefficient (Wildman–Crippen LogP) is 2.13. The van der Waals surface area contributed by atoms with Gasteiger partial charge in [0.25, 0.3) is 0 Å². The molecule has 80 valence electrons. The summed E-state index contributed by atoms with van der Waals surface area (Å²) in [7, 11) is 0. The molecule has 16 heavy (non-hydrogen) atoms. The van der Waals surface area contributed by atoms with Crippen LogP contribution in [0.15, 0.2) is 67.4 Å². The van der Waals surface area contributed by atoms with E-state index in [1.165, 1.54) is 0 Å². The Kier molecular flexibility index (Phi) is 5.35. The monoisotopic (exact) mass is 209 g/mol. The van der Waals surface area contributed by atoms with Crippen LogP contribution in [0.5, 0.6) is 0 Å². The molecule has 0 aliphatic heterocycles. The average molecular weight is 209 g/mol. The van der Waals surface area contributed by atoms with Crippen LogP contribution in [0.1, 0.15) is 0 Å². The maximum atomic E-state index is 4.10. The maximum absolute atomic E-state index is 4.10. The van der Waals surface area contributed by atoms with Crippen LogP contribution in [0.25, 0.3) is 12.7 Å². The molecule has 1 rings (SSSR count). The first-order valence-electron chi connectivity index (χ1n) is 5.07. The van der Waals surface area contributed by atoms with Crippen LogP contribution in [-0.4, -0.2) is 4.98 Å². The molecule has 0 unspecified atom stereocenters. The Balaban J connectivity index is 2.67. The highest BCUT2D eigenvalue weighted by Gasteiger charge is 1.77. The van der Waals surface area contributed by atoms with E-state index < -0.39 is 0 Å². The fourth-order valence-electron chi connectivity index (χ4n) is 1.10. The van der Waals surface area contributed by atoms with Gasteiger partial charge in [-0.2, -0.15) is 0 Å². The summed E-state index contributed by atoms with van der Waals surface area (Å²) in [4.78, 5) is 4.10. The molecule has 0 bridgehead atoms. The minimum absolute atomic E-state index is 0.794. The van der Waals surface area contributed by atoms with E-state index in [1.807, 2.05) is 54.7 Å². The molecule has 0 N–H and O–H groups in total. The van der Waals surface area contributed by atoms with Crippen molar-refractivity contribution in [1.82, 2.24) is 4.98 Å². The zero-order chi connectivity index (χ0) is 11.6. The summed E-state index contributed by atoms with van der Waals surface area (Å²) in [5.74, 6) is 0. The predicted molar refractivity (Wildman–Crippen MR) is 71.1 cm³/mol. The Morgan fingerprint density at radius 1 is 1.00 bits per heavy atom. The Morgan fingerprint density at radius 3 is 2.38 bits per heavy atom. The van der Waals surface area contributed by atoms with Crippen molar-refractivity contribution in [2.45, 2.75) is 0 Å². The molecular formula is C15H15N. The number of aromatic nitrogens is 1. The molecule has 1 aromatic rings. The summed E-state index contributed by atoms with van der Waals surface area (Å²) < 4.78 is 0. The van der Waals surface area contributed by atoms with Gasteiger partial charge in [0.1, 0.15) is 0 Å². The lowest BCUT2D eigenvalue weighted by atomic mass is 10.3. The van der Waals surface area contributed by atoms with Gasteiger partial charge in [-0.25, -0.2) is 0 Å². The van der Waals surface area contributed by atoms with Gasteiger partial charge < -0.3 is 0 Å². The minimum atomic E-state index is 0.794. The van der Waals surface area contributed by atoms with Crippen molar-refractivity contribution in [2.75, 3.05) is 0 Å². The highest BCUT2D eigenvalue weighted by Crippen LogP contribution is 1.81. The third-order valence-corrected chi connectivity index (χ3v) is 1.89. The molecule has 1 heteroatoms. The Hall–Kier alpha value is -2.15. The number of rotatable bonds is 4. The number of hydrogen-bond acceptors (Lipinski definition) is 1. The standard InChI is InChI=1S/C15H15N/c1-3-4-5-6-7-8-9-11-15-12-10-13-16-14(15)2/h3-13H,1-2H2/b5-4-,7-6-,9-8-,15-11-. The SMILES string of the molecule is C=C\C=C/C=C\C=C/C=c1/cccnc1=C. The molecule has 0 radical (unpaired) electrons. The summed E-state index contributed by atoms with van der Waals surface area (Å²) >= 11 is 0. The van der Waals surface area contributed by atoms with Gasteiger partial charge in [-0.1, -0.05) is 67.8 Å². The number of allylic oxidation sites excluding steroid dienone is 7. The van der Waals surface area contributed by atoms with E-state index >= 15 is 0 Å². The van der Waals surface area contributed by atoms with E-state index in [-0.39, 0.29) is 0 Å². The first-order valence-corrected chi connectivity index (χ1v) is 5.07. The molecule has 0 amide bonds. The van der Waals surface area contributed by atoms with Crippen LogP contribution in [0.4, 0.5) is 0 Å². The quantitative estimate of drug-likeness (QED) is 0.692. The average Bonchev–Trinajstić information content (AvgIpc) is 2.30. The van der Waals surface area contributed by atoms with E-state index in [9.17, 15) is 0 Å². The lowest BCUT2D eigenvalue weighted by Gasteiger charge is -1.84. The normalized spacial score (nSPS) is 13.1. The second-order valence-electron chi connectivity index (χ2n) is 3.10. The van der Waals surface area contributed by atoms with Crippen LogP contribution < -0.4 is 10.6 Å². The van der Waals surface area contributed by atoms with Crippen molar-refractivity contribution in [3.8, 4) is 0 Å². The Morgan fingerprint density at radius 2 is 1.69 bits per heavy atom. The summed E-state index contributed by atoms with van der Waals surface area (Å²) in [5.41, 5.74) is 0. The molecule has 1 aromatic heterocycles. The zero-order valence-corrected chi connectivity index (χ0v) is 9.21. The summed E-state index contributed by atoms with van der Waals surface area (Å²) in [6.45, 7) is 7.43. The van der Waals surface area contributed by atoms with Crippen LogP contribution in [0.3, 0.4) is 0 Å². The van der Waals surface area contributed by atoms with Crippen molar-refractivity contribution >= 4 is 12.7 Å². The van der Waals surface area contributed by atoms with E-state index in [0.29, 0.717) is 0 Å². The van der Waals surface area contributed by atoms with Crippen LogP contribution in [0.2, 0.25) is 0 Å². The number of pyridine rings is 1. The molecule has 1 nitrogen and oxygen atoms in total. The topological polar surface area (TPSA) is 12.9 Å². The second kappa shape index (κ2) is 7.18. The van der Waals surface area contributed by atoms with Crippen LogP contribution in [-0.2, 0) is 0 Å². The van der Waals surface area contributed by atoms with Gasteiger partial charge in [0.05, 0.1) is 5.35 Å². The van der Waals surface area contributed by atoms with E-state index in [0.717, 1.165) is 10.6 Å². The van der Waals surface area contributed by atoms with E-state index in [2.05, 4.69) is 18.1 Å². The van der Waals surface area contributed by atoms with Crippen LogP contribution >= 0.6 is 0 Å². The molecular weight excluding hydrogens is 194 g/mol. The van der Waals surface area contributed by atoms with Gasteiger partial charge in [0.15, 0.2) is 0 Å². The summed E-state index contributed by atoms with van der Waals surface area (Å²) in [6.07, 6.45) is 17.1. The Bertz CT molecular complexity index is 519. The van der Waals surface area contributed by atoms with Gasteiger partial charge in [0.2, 0.25) is 0 Å². The molecule has 0 atom stereocenters. The lowest BCUT2D eigenvalue weighted by molar-refractivity contribution is 1.23. The van der Waals surface area contributed by atoms with Crippen LogP contribution in [0, 0.1) is 0 Å². The number of nitrogens with zero attached hydrogens (tertiary/aromatic N) is 1. The van der Waals surface area contributed by atoms with Gasteiger partial charge in [0, 0.05) is 6.20 Å². The van der Waals surface area contributed by atoms with Crippen molar-refractivity contribution in [1.29, 1.82) is 0 Å². The van der Waals surface area contributed by atoms with E-state index in [4.69, 9.17) is 0 Å². The third kappa shape index (κ3) is 4.38. The zero-order valence-electron chi connectivity index (χ0n) is 9.21. The van der Waals surface area contributed by atoms with Crippen molar-refractivity contribution in [3.63, 3.8) is 0 Å². The first-order chi connectivity index (χ1) is 7.84. The Labute approximate surface area is 96.2 Å². The van der Waals surface area contributed by atoms with Gasteiger partial charge in [-0.3, -0.25) is 4.98 Å². The molecule has 0 saturated heterocycles. The van der Waals surface area contributed by atoms with E-state index in [1.54, 1.807) is 12.3 Å². The molecule has 0 aliphatic rings. The molecule has 0 aliphatic carbocycles. The summed E-state index contributed by atoms with van der Waals surface area (Å²) in [6, 6.07) is 3.89. The third-order valence-electron chi connectivity index (χ3n) is 1.89. The molecule has 1 heterocycles. The summed E-state index contributed by atoms with van der Waals surface area (Å²) in [5, 5.41) is 1.83. The maximum Gasteiger partial charge on any atom is 0.0630 e. The van der Waals surface area contributed by atoms with Crippen molar-refractivity contribution in [3.05, 3.63) is 78.0 Å².